The summed E-state index contributed by atoms with van der Waals surface area (Å²) in [7, 11) is 4.02. The molecule has 0 bridgehead atoms. The fourth-order valence-electron chi connectivity index (χ4n) is 2.50. The van der Waals surface area contributed by atoms with Crippen molar-refractivity contribution in [2.75, 3.05) is 19.0 Å². The predicted molar refractivity (Wildman–Crippen MR) is 78.0 cm³/mol. The Bertz CT molecular complexity index is 433. The van der Waals surface area contributed by atoms with Crippen LogP contribution in [0.25, 0.3) is 0 Å². The summed E-state index contributed by atoms with van der Waals surface area (Å²) in [5.41, 5.74) is 7.73. The zero-order chi connectivity index (χ0) is 13.9. The highest BCUT2D eigenvalue weighted by Crippen LogP contribution is 2.27. The Kier molecular flexibility index (Phi) is 4.10. The van der Waals surface area contributed by atoms with Gasteiger partial charge in [-0.3, -0.25) is 4.79 Å². The molecule has 1 aliphatic rings. The molecule has 1 amide bonds. The van der Waals surface area contributed by atoms with Gasteiger partial charge in [0.1, 0.15) is 0 Å². The van der Waals surface area contributed by atoms with Crippen LogP contribution in [-0.2, 0) is 11.3 Å². The molecule has 0 unspecified atom stereocenters. The van der Waals surface area contributed by atoms with Gasteiger partial charge in [0.25, 0.3) is 0 Å². The van der Waals surface area contributed by atoms with Crippen LogP contribution in [0.5, 0.6) is 0 Å². The summed E-state index contributed by atoms with van der Waals surface area (Å²) in [6.07, 6.45) is 3.72. The highest BCUT2D eigenvalue weighted by atomic mass is 16.2. The summed E-state index contributed by atoms with van der Waals surface area (Å²) in [6, 6.07) is 8.17. The summed E-state index contributed by atoms with van der Waals surface area (Å²) in [5.74, 6) is -0.0123. The van der Waals surface area contributed by atoms with Crippen molar-refractivity contribution in [2.24, 2.45) is 5.73 Å². The molecule has 2 rings (SSSR count). The third-order valence-corrected chi connectivity index (χ3v) is 3.85. The van der Waals surface area contributed by atoms with Gasteiger partial charge in [0.2, 0.25) is 5.91 Å². The number of nitrogens with one attached hydrogen (secondary N) is 1. The lowest BCUT2D eigenvalue weighted by Gasteiger charge is -2.22. The van der Waals surface area contributed by atoms with Gasteiger partial charge in [-0.15, -0.1) is 0 Å². The van der Waals surface area contributed by atoms with Gasteiger partial charge >= 0.3 is 0 Å². The minimum Gasteiger partial charge on any atom is -0.378 e. The topological polar surface area (TPSA) is 58.4 Å². The average molecular weight is 261 g/mol. The first-order chi connectivity index (χ1) is 9.01. The van der Waals surface area contributed by atoms with Crippen molar-refractivity contribution in [2.45, 2.75) is 37.8 Å². The Balaban J connectivity index is 1.90. The first kappa shape index (κ1) is 13.9. The van der Waals surface area contributed by atoms with Crippen molar-refractivity contribution in [3.63, 3.8) is 0 Å². The Labute approximate surface area is 115 Å². The molecule has 0 saturated heterocycles. The molecule has 104 valence electrons. The number of carbonyl (C=O) groups is 1. The van der Waals surface area contributed by atoms with Crippen molar-refractivity contribution in [3.8, 4) is 0 Å². The summed E-state index contributed by atoms with van der Waals surface area (Å²) >= 11 is 0. The summed E-state index contributed by atoms with van der Waals surface area (Å²) < 4.78 is 0. The lowest BCUT2D eigenvalue weighted by atomic mass is 9.98. The number of nitrogens with zero attached hydrogens (tertiary/aromatic N) is 1. The van der Waals surface area contributed by atoms with Gasteiger partial charge in [0, 0.05) is 26.3 Å². The van der Waals surface area contributed by atoms with E-state index in [1.54, 1.807) is 0 Å². The van der Waals surface area contributed by atoms with Crippen molar-refractivity contribution >= 4 is 11.6 Å². The molecular formula is C15H23N3O. The van der Waals surface area contributed by atoms with Gasteiger partial charge in [0.05, 0.1) is 5.54 Å². The Morgan fingerprint density at radius 3 is 2.37 bits per heavy atom. The van der Waals surface area contributed by atoms with Crippen LogP contribution in [0.2, 0.25) is 0 Å². The van der Waals surface area contributed by atoms with Crippen LogP contribution in [0.4, 0.5) is 5.69 Å². The average Bonchev–Trinajstić information content (AvgIpc) is 2.84. The number of amides is 1. The molecule has 4 nitrogen and oxygen atoms in total. The number of nitrogens with two attached hydrogens (primary N) is 1. The summed E-state index contributed by atoms with van der Waals surface area (Å²) in [5, 5.41) is 2.95. The number of hydrogen-bond acceptors (Lipinski definition) is 3. The maximum absolute atomic E-state index is 12.1. The normalized spacial score (nSPS) is 17.2. The van der Waals surface area contributed by atoms with E-state index in [1.165, 1.54) is 0 Å². The number of benzene rings is 1. The second-order valence-electron chi connectivity index (χ2n) is 5.61. The first-order valence-electron chi connectivity index (χ1n) is 6.85. The maximum atomic E-state index is 12.1. The summed E-state index contributed by atoms with van der Waals surface area (Å²) in [6.45, 7) is 0.547. The standard InChI is InChI=1S/C15H23N3O/c1-18(2)13-7-5-12(6-8-13)11-17-14(19)15(16)9-3-4-10-15/h5-8H,3-4,9-11,16H2,1-2H3,(H,17,19). The molecule has 1 saturated carbocycles. The van der Waals surface area contributed by atoms with Crippen LogP contribution in [0, 0.1) is 0 Å². The zero-order valence-electron chi connectivity index (χ0n) is 11.8. The fourth-order valence-corrected chi connectivity index (χ4v) is 2.50. The molecule has 0 heterocycles. The van der Waals surface area contributed by atoms with E-state index < -0.39 is 5.54 Å². The van der Waals surface area contributed by atoms with E-state index in [1.807, 2.05) is 26.2 Å². The van der Waals surface area contributed by atoms with Gasteiger partial charge in [-0.2, -0.15) is 0 Å². The van der Waals surface area contributed by atoms with E-state index >= 15 is 0 Å². The van der Waals surface area contributed by atoms with Crippen molar-refractivity contribution < 1.29 is 4.79 Å². The largest absolute Gasteiger partial charge is 0.378 e. The Morgan fingerprint density at radius 1 is 1.26 bits per heavy atom. The maximum Gasteiger partial charge on any atom is 0.240 e. The van der Waals surface area contributed by atoms with E-state index in [-0.39, 0.29) is 5.91 Å². The Morgan fingerprint density at radius 2 is 1.84 bits per heavy atom. The Hall–Kier alpha value is -1.55. The molecule has 0 aromatic heterocycles. The van der Waals surface area contributed by atoms with Crippen molar-refractivity contribution in [1.29, 1.82) is 0 Å². The fraction of sp³-hybridized carbons (Fsp3) is 0.533. The predicted octanol–water partition coefficient (Wildman–Crippen LogP) is 1.64. The highest BCUT2D eigenvalue weighted by Gasteiger charge is 2.36. The SMILES string of the molecule is CN(C)c1ccc(CNC(=O)C2(N)CCCC2)cc1. The van der Waals surface area contributed by atoms with Gasteiger partial charge in [-0.25, -0.2) is 0 Å². The molecule has 4 heteroatoms. The van der Waals surface area contributed by atoms with Crippen LogP contribution in [0.1, 0.15) is 31.2 Å². The molecule has 1 aliphatic carbocycles. The molecule has 3 N–H and O–H groups in total. The van der Waals surface area contributed by atoms with Gasteiger partial charge in [-0.05, 0) is 30.5 Å². The molecule has 1 fully saturated rings. The first-order valence-corrected chi connectivity index (χ1v) is 6.85. The smallest absolute Gasteiger partial charge is 0.240 e. The molecular weight excluding hydrogens is 238 g/mol. The van der Waals surface area contributed by atoms with Gasteiger partial charge in [0.15, 0.2) is 0 Å². The van der Waals surface area contributed by atoms with Crippen molar-refractivity contribution in [3.05, 3.63) is 29.8 Å². The molecule has 1 aromatic carbocycles. The van der Waals surface area contributed by atoms with E-state index in [0.29, 0.717) is 6.54 Å². The monoisotopic (exact) mass is 261 g/mol. The molecule has 0 atom stereocenters. The van der Waals surface area contributed by atoms with Crippen LogP contribution >= 0.6 is 0 Å². The van der Waals surface area contributed by atoms with Gasteiger partial charge < -0.3 is 16.0 Å². The van der Waals surface area contributed by atoms with E-state index in [4.69, 9.17) is 5.73 Å². The quantitative estimate of drug-likeness (QED) is 0.866. The number of hydrogen-bond donors (Lipinski definition) is 2. The van der Waals surface area contributed by atoms with E-state index in [2.05, 4.69) is 22.3 Å². The molecule has 19 heavy (non-hydrogen) atoms. The summed E-state index contributed by atoms with van der Waals surface area (Å²) in [4.78, 5) is 14.1. The van der Waals surface area contributed by atoms with Crippen LogP contribution in [0.15, 0.2) is 24.3 Å². The van der Waals surface area contributed by atoms with Gasteiger partial charge in [-0.1, -0.05) is 25.0 Å². The van der Waals surface area contributed by atoms with E-state index in [0.717, 1.165) is 36.9 Å². The molecule has 0 radical (unpaired) electrons. The minimum absolute atomic E-state index is 0.0123. The third-order valence-electron chi connectivity index (χ3n) is 3.85. The van der Waals surface area contributed by atoms with Crippen LogP contribution in [0.3, 0.4) is 0 Å². The molecule has 0 spiro atoms. The zero-order valence-corrected chi connectivity index (χ0v) is 11.8. The van der Waals surface area contributed by atoms with E-state index in [9.17, 15) is 4.79 Å². The molecule has 1 aromatic rings. The number of rotatable bonds is 4. The second kappa shape index (κ2) is 5.61. The lowest BCUT2D eigenvalue weighted by Crippen LogP contribution is -2.51. The number of anilines is 1. The van der Waals surface area contributed by atoms with Crippen LogP contribution in [-0.4, -0.2) is 25.5 Å². The van der Waals surface area contributed by atoms with Crippen molar-refractivity contribution in [1.82, 2.24) is 5.32 Å². The lowest BCUT2D eigenvalue weighted by molar-refractivity contribution is -0.126. The molecule has 0 aliphatic heterocycles. The number of carbonyl (C=O) groups excluding carboxylic acids is 1. The third kappa shape index (κ3) is 3.26. The minimum atomic E-state index is -0.635. The second-order valence-corrected chi connectivity index (χ2v) is 5.61. The van der Waals surface area contributed by atoms with Crippen LogP contribution < -0.4 is 16.0 Å². The highest BCUT2D eigenvalue weighted by molar-refractivity contribution is 5.86.